The van der Waals surface area contributed by atoms with Gasteiger partial charge in [-0.2, -0.15) is 5.26 Å². The summed E-state index contributed by atoms with van der Waals surface area (Å²) in [5.74, 6) is 1.89. The highest BCUT2D eigenvalue weighted by molar-refractivity contribution is 5.58. The van der Waals surface area contributed by atoms with Crippen LogP contribution < -0.4 is 14.2 Å². The smallest absolute Gasteiger partial charge is 0.231 e. The van der Waals surface area contributed by atoms with Crippen molar-refractivity contribution in [2.75, 3.05) is 13.9 Å². The van der Waals surface area contributed by atoms with Gasteiger partial charge in [-0.25, -0.2) is 0 Å². The van der Waals surface area contributed by atoms with Crippen LogP contribution in [0.3, 0.4) is 0 Å². The van der Waals surface area contributed by atoms with Crippen molar-refractivity contribution in [3.63, 3.8) is 0 Å². The highest BCUT2D eigenvalue weighted by Gasteiger charge is 2.27. The Labute approximate surface area is 101 Å². The van der Waals surface area contributed by atoms with Crippen molar-refractivity contribution in [2.24, 2.45) is 5.92 Å². The average Bonchev–Trinajstić information content (AvgIpc) is 2.77. The molecule has 1 unspecified atom stereocenters. The number of nitrogens with zero attached hydrogens (tertiary/aromatic N) is 1. The summed E-state index contributed by atoms with van der Waals surface area (Å²) < 4.78 is 16.0. The first-order valence-electron chi connectivity index (χ1n) is 5.55. The summed E-state index contributed by atoms with van der Waals surface area (Å²) in [6, 6.07) is 6.01. The maximum Gasteiger partial charge on any atom is 0.231 e. The van der Waals surface area contributed by atoms with Gasteiger partial charge in [0.15, 0.2) is 11.5 Å². The van der Waals surface area contributed by atoms with Crippen molar-refractivity contribution in [1.82, 2.24) is 0 Å². The molecule has 2 rings (SSSR count). The Hall–Kier alpha value is -1.89. The zero-order valence-electron chi connectivity index (χ0n) is 10.2. The Morgan fingerprint density at radius 3 is 2.71 bits per heavy atom. The number of nitriles is 1. The van der Waals surface area contributed by atoms with Gasteiger partial charge in [0, 0.05) is 5.56 Å². The Morgan fingerprint density at radius 2 is 2.12 bits per heavy atom. The van der Waals surface area contributed by atoms with Crippen molar-refractivity contribution < 1.29 is 14.2 Å². The number of rotatable bonds is 3. The number of benzene rings is 1. The van der Waals surface area contributed by atoms with Gasteiger partial charge in [-0.05, 0) is 12.0 Å². The SMILES string of the molecule is COc1c(C(C#N)C(C)C)ccc2c1OCO2. The van der Waals surface area contributed by atoms with E-state index in [2.05, 4.69) is 6.07 Å². The monoisotopic (exact) mass is 233 g/mol. The van der Waals surface area contributed by atoms with E-state index in [1.165, 1.54) is 0 Å². The number of ether oxygens (including phenoxy) is 3. The van der Waals surface area contributed by atoms with Gasteiger partial charge >= 0.3 is 0 Å². The molecule has 0 amide bonds. The van der Waals surface area contributed by atoms with Gasteiger partial charge in [0.25, 0.3) is 0 Å². The van der Waals surface area contributed by atoms with Crippen molar-refractivity contribution in [3.8, 4) is 23.3 Å². The first-order valence-corrected chi connectivity index (χ1v) is 5.55. The Bertz CT molecular complexity index is 462. The van der Waals surface area contributed by atoms with Crippen molar-refractivity contribution in [1.29, 1.82) is 5.26 Å². The fourth-order valence-corrected chi connectivity index (χ4v) is 2.00. The predicted molar refractivity (Wildman–Crippen MR) is 62.3 cm³/mol. The van der Waals surface area contributed by atoms with Gasteiger partial charge in [-0.15, -0.1) is 0 Å². The standard InChI is InChI=1S/C13H15NO3/c1-8(2)10(6-14)9-4-5-11-13(12(9)15-3)17-7-16-11/h4-5,8,10H,7H2,1-3H3. The minimum atomic E-state index is -0.209. The lowest BCUT2D eigenvalue weighted by molar-refractivity contribution is 0.171. The quantitative estimate of drug-likeness (QED) is 0.805. The molecule has 17 heavy (non-hydrogen) atoms. The fourth-order valence-electron chi connectivity index (χ4n) is 2.00. The van der Waals surface area contributed by atoms with Gasteiger partial charge in [0.1, 0.15) is 0 Å². The second-order valence-electron chi connectivity index (χ2n) is 4.27. The van der Waals surface area contributed by atoms with Crippen LogP contribution in [0.4, 0.5) is 0 Å². The maximum absolute atomic E-state index is 9.24. The molecule has 1 aliphatic rings. The van der Waals surface area contributed by atoms with E-state index in [0.717, 1.165) is 5.56 Å². The topological polar surface area (TPSA) is 51.5 Å². The molecule has 0 aromatic heterocycles. The predicted octanol–water partition coefficient (Wildman–Crippen LogP) is 2.69. The van der Waals surface area contributed by atoms with Gasteiger partial charge in [-0.1, -0.05) is 19.9 Å². The summed E-state index contributed by atoms with van der Waals surface area (Å²) in [5.41, 5.74) is 0.856. The molecule has 1 heterocycles. The maximum atomic E-state index is 9.24. The van der Waals surface area contributed by atoms with E-state index in [4.69, 9.17) is 14.2 Å². The van der Waals surface area contributed by atoms with Crippen molar-refractivity contribution in [2.45, 2.75) is 19.8 Å². The van der Waals surface area contributed by atoms with Gasteiger partial charge in [-0.3, -0.25) is 0 Å². The van der Waals surface area contributed by atoms with E-state index in [0.29, 0.717) is 17.2 Å². The minimum absolute atomic E-state index is 0.202. The van der Waals surface area contributed by atoms with Crippen LogP contribution in [0.5, 0.6) is 17.2 Å². The van der Waals surface area contributed by atoms with Gasteiger partial charge < -0.3 is 14.2 Å². The third-order valence-corrected chi connectivity index (χ3v) is 2.87. The first-order chi connectivity index (χ1) is 8.19. The van der Waals surface area contributed by atoms with E-state index in [9.17, 15) is 5.26 Å². The second kappa shape index (κ2) is 4.54. The summed E-state index contributed by atoms with van der Waals surface area (Å²) in [6.45, 7) is 4.23. The molecule has 0 saturated carbocycles. The summed E-state index contributed by atoms with van der Waals surface area (Å²) in [6.07, 6.45) is 0. The second-order valence-corrected chi connectivity index (χ2v) is 4.27. The lowest BCUT2D eigenvalue weighted by atomic mass is 9.89. The zero-order valence-corrected chi connectivity index (χ0v) is 10.2. The Kier molecular flexibility index (Phi) is 3.10. The molecule has 1 atom stereocenters. The normalized spacial score (nSPS) is 14.5. The summed E-state index contributed by atoms with van der Waals surface area (Å²) in [5, 5.41) is 9.24. The van der Waals surface area contributed by atoms with E-state index < -0.39 is 0 Å². The van der Waals surface area contributed by atoms with Crippen LogP contribution in [-0.4, -0.2) is 13.9 Å². The molecule has 90 valence electrons. The minimum Gasteiger partial charge on any atom is -0.492 e. The van der Waals surface area contributed by atoms with E-state index in [1.54, 1.807) is 7.11 Å². The van der Waals surface area contributed by atoms with E-state index in [1.807, 2.05) is 26.0 Å². The highest BCUT2D eigenvalue weighted by Crippen LogP contribution is 2.46. The molecule has 4 heteroatoms. The molecule has 0 bridgehead atoms. The molecule has 0 aliphatic carbocycles. The van der Waals surface area contributed by atoms with E-state index >= 15 is 0 Å². The zero-order chi connectivity index (χ0) is 12.4. The molecular formula is C13H15NO3. The summed E-state index contributed by atoms with van der Waals surface area (Å²) in [7, 11) is 1.58. The van der Waals surface area contributed by atoms with Crippen LogP contribution in [0.15, 0.2) is 12.1 Å². The third kappa shape index (κ3) is 1.89. The molecule has 0 fully saturated rings. The van der Waals surface area contributed by atoms with Crippen LogP contribution in [0.2, 0.25) is 0 Å². The lowest BCUT2D eigenvalue weighted by Gasteiger charge is -2.17. The number of fused-ring (bicyclic) bond motifs is 1. The number of methoxy groups -OCH3 is 1. The van der Waals surface area contributed by atoms with Crippen LogP contribution in [0.1, 0.15) is 25.3 Å². The molecule has 4 nitrogen and oxygen atoms in total. The van der Waals surface area contributed by atoms with Crippen LogP contribution in [0.25, 0.3) is 0 Å². The molecule has 1 aromatic rings. The Morgan fingerprint density at radius 1 is 1.35 bits per heavy atom. The van der Waals surface area contributed by atoms with Gasteiger partial charge in [0.05, 0.1) is 19.1 Å². The van der Waals surface area contributed by atoms with Crippen LogP contribution >= 0.6 is 0 Å². The molecule has 0 radical (unpaired) electrons. The molecule has 0 N–H and O–H groups in total. The van der Waals surface area contributed by atoms with E-state index in [-0.39, 0.29) is 18.6 Å². The summed E-state index contributed by atoms with van der Waals surface area (Å²) in [4.78, 5) is 0. The fraction of sp³-hybridized carbons (Fsp3) is 0.462. The molecule has 0 spiro atoms. The first kappa shape index (κ1) is 11.6. The largest absolute Gasteiger partial charge is 0.492 e. The molecule has 1 aromatic carbocycles. The number of hydrogen-bond acceptors (Lipinski definition) is 4. The van der Waals surface area contributed by atoms with Crippen molar-refractivity contribution >= 4 is 0 Å². The van der Waals surface area contributed by atoms with Gasteiger partial charge in [0.2, 0.25) is 12.5 Å². The average molecular weight is 233 g/mol. The highest BCUT2D eigenvalue weighted by atomic mass is 16.7. The third-order valence-electron chi connectivity index (χ3n) is 2.87. The summed E-state index contributed by atoms with van der Waals surface area (Å²) >= 11 is 0. The molecule has 1 aliphatic heterocycles. The molecule has 0 saturated heterocycles. The Balaban J connectivity index is 2.52. The van der Waals surface area contributed by atoms with Crippen molar-refractivity contribution in [3.05, 3.63) is 17.7 Å². The van der Waals surface area contributed by atoms with Crippen LogP contribution in [-0.2, 0) is 0 Å². The number of hydrogen-bond donors (Lipinski definition) is 0. The van der Waals surface area contributed by atoms with Crippen LogP contribution in [0, 0.1) is 17.2 Å². The lowest BCUT2D eigenvalue weighted by Crippen LogP contribution is -2.06. The molecular weight excluding hydrogens is 218 g/mol.